The highest BCUT2D eigenvalue weighted by atomic mass is 32.1. The molecule has 0 aliphatic carbocycles. The maximum atomic E-state index is 12.5. The Labute approximate surface area is 184 Å². The van der Waals surface area contributed by atoms with Gasteiger partial charge >= 0.3 is 0 Å². The molecule has 0 fully saturated rings. The number of nitrogens with one attached hydrogen (secondary N) is 2. The maximum Gasteiger partial charge on any atom is 0.226 e. The second kappa shape index (κ2) is 8.74. The maximum absolute atomic E-state index is 12.5. The lowest BCUT2D eigenvalue weighted by Crippen LogP contribution is -2.12. The molecule has 1 amide bonds. The van der Waals surface area contributed by atoms with Gasteiger partial charge in [-0.1, -0.05) is 18.2 Å². The first kappa shape index (κ1) is 20.8. The summed E-state index contributed by atoms with van der Waals surface area (Å²) in [5.41, 5.74) is 7.08. The number of hydrogen-bond donors (Lipinski definition) is 2. The van der Waals surface area contributed by atoms with E-state index in [-0.39, 0.29) is 5.91 Å². The van der Waals surface area contributed by atoms with E-state index in [1.807, 2.05) is 49.0 Å². The van der Waals surface area contributed by atoms with E-state index in [4.69, 9.17) is 5.26 Å². The SMILES string of the molecule is Cc1nn(CCC#N)c(C)c1CCC(=O)Nc1nc(-c2c(C)[nH]c3ccccc23)cs1. The lowest BCUT2D eigenvalue weighted by atomic mass is 10.1. The minimum absolute atomic E-state index is 0.0693. The average Bonchev–Trinajstić information content (AvgIpc) is 3.40. The molecule has 4 rings (SSSR count). The average molecular weight is 433 g/mol. The zero-order valence-electron chi connectivity index (χ0n) is 17.8. The Bertz CT molecular complexity index is 1290. The van der Waals surface area contributed by atoms with Crippen molar-refractivity contribution in [2.75, 3.05) is 5.32 Å². The Balaban J connectivity index is 1.43. The first-order valence-corrected chi connectivity index (χ1v) is 11.1. The second-order valence-corrected chi connectivity index (χ2v) is 8.40. The monoisotopic (exact) mass is 432 g/mol. The number of fused-ring (bicyclic) bond motifs is 1. The summed E-state index contributed by atoms with van der Waals surface area (Å²) >= 11 is 1.43. The minimum atomic E-state index is -0.0693. The minimum Gasteiger partial charge on any atom is -0.358 e. The van der Waals surface area contributed by atoms with Crippen molar-refractivity contribution in [1.82, 2.24) is 19.7 Å². The molecule has 7 nitrogen and oxygen atoms in total. The van der Waals surface area contributed by atoms with Gasteiger partial charge < -0.3 is 10.3 Å². The highest BCUT2D eigenvalue weighted by molar-refractivity contribution is 7.14. The van der Waals surface area contributed by atoms with Crippen molar-refractivity contribution in [1.29, 1.82) is 5.26 Å². The normalized spacial score (nSPS) is 11.0. The molecule has 4 aromatic rings. The summed E-state index contributed by atoms with van der Waals surface area (Å²) in [6, 6.07) is 10.3. The molecule has 0 spiro atoms. The molecule has 0 radical (unpaired) electrons. The third-order valence-corrected chi connectivity index (χ3v) is 6.23. The fourth-order valence-corrected chi connectivity index (χ4v) is 4.66. The molecule has 0 aliphatic rings. The molecule has 3 aromatic heterocycles. The van der Waals surface area contributed by atoms with Gasteiger partial charge in [-0.2, -0.15) is 10.4 Å². The third-order valence-electron chi connectivity index (χ3n) is 5.47. The molecule has 31 heavy (non-hydrogen) atoms. The van der Waals surface area contributed by atoms with Crippen molar-refractivity contribution in [3.05, 3.63) is 52.3 Å². The van der Waals surface area contributed by atoms with Crippen molar-refractivity contribution >= 4 is 33.3 Å². The first-order valence-electron chi connectivity index (χ1n) is 10.2. The molecule has 0 saturated heterocycles. The van der Waals surface area contributed by atoms with E-state index in [0.29, 0.717) is 30.9 Å². The zero-order chi connectivity index (χ0) is 22.0. The van der Waals surface area contributed by atoms with Gasteiger partial charge in [-0.25, -0.2) is 4.98 Å². The van der Waals surface area contributed by atoms with Crippen LogP contribution in [0.3, 0.4) is 0 Å². The van der Waals surface area contributed by atoms with E-state index in [1.54, 1.807) is 0 Å². The van der Waals surface area contributed by atoms with Gasteiger partial charge in [-0.3, -0.25) is 9.48 Å². The number of aryl methyl sites for hydroxylation is 3. The van der Waals surface area contributed by atoms with E-state index >= 15 is 0 Å². The van der Waals surface area contributed by atoms with Gasteiger partial charge in [0.25, 0.3) is 0 Å². The molecule has 0 saturated carbocycles. The number of thiazole rings is 1. The van der Waals surface area contributed by atoms with Crippen LogP contribution in [0, 0.1) is 32.1 Å². The van der Waals surface area contributed by atoms with Crippen molar-refractivity contribution in [3.8, 4) is 17.3 Å². The van der Waals surface area contributed by atoms with Crippen molar-refractivity contribution in [2.24, 2.45) is 0 Å². The molecular formula is C23H24N6OS. The fraction of sp³-hybridized carbons (Fsp3) is 0.304. The molecule has 158 valence electrons. The Hall–Kier alpha value is -3.44. The number of aromatic nitrogens is 4. The molecule has 3 heterocycles. The number of H-pyrrole nitrogens is 1. The molecule has 0 atom stereocenters. The van der Waals surface area contributed by atoms with Gasteiger partial charge in [0, 0.05) is 39.7 Å². The summed E-state index contributed by atoms with van der Waals surface area (Å²) in [7, 11) is 0. The standard InChI is InChI=1S/C23H24N6OS/c1-14-17(16(3)29(28-14)12-6-11-24)9-10-21(30)27-23-26-20(13-31-23)22-15(2)25-19-8-5-4-7-18(19)22/h4-5,7-8,13,25H,6,9-10,12H2,1-3H3,(H,26,27,30). The first-order chi connectivity index (χ1) is 15.0. The van der Waals surface area contributed by atoms with Crippen LogP contribution < -0.4 is 5.32 Å². The lowest BCUT2D eigenvalue weighted by molar-refractivity contribution is -0.116. The Morgan fingerprint density at radius 3 is 2.90 bits per heavy atom. The van der Waals surface area contributed by atoms with Crippen LogP contribution in [-0.4, -0.2) is 25.7 Å². The number of nitriles is 1. The quantitative estimate of drug-likeness (QED) is 0.434. The number of anilines is 1. The number of rotatable bonds is 7. The number of nitrogens with zero attached hydrogens (tertiary/aromatic N) is 4. The summed E-state index contributed by atoms with van der Waals surface area (Å²) in [5.74, 6) is -0.0693. The summed E-state index contributed by atoms with van der Waals surface area (Å²) in [5, 5.41) is 19.9. The van der Waals surface area contributed by atoms with Gasteiger partial charge in [-0.05, 0) is 38.8 Å². The van der Waals surface area contributed by atoms with Crippen LogP contribution in [0.15, 0.2) is 29.6 Å². The summed E-state index contributed by atoms with van der Waals surface area (Å²) in [4.78, 5) is 20.6. The van der Waals surface area contributed by atoms with E-state index in [2.05, 4.69) is 32.5 Å². The Morgan fingerprint density at radius 2 is 2.10 bits per heavy atom. The number of para-hydroxylation sites is 1. The number of carbonyl (C=O) groups is 1. The molecule has 1 aromatic carbocycles. The predicted molar refractivity (Wildman–Crippen MR) is 123 cm³/mol. The molecule has 0 bridgehead atoms. The number of amides is 1. The molecule has 2 N–H and O–H groups in total. The van der Waals surface area contributed by atoms with Gasteiger partial charge in [0.2, 0.25) is 5.91 Å². The zero-order valence-corrected chi connectivity index (χ0v) is 18.6. The van der Waals surface area contributed by atoms with Gasteiger partial charge in [-0.15, -0.1) is 11.3 Å². The predicted octanol–water partition coefficient (Wildman–Crippen LogP) is 4.90. The van der Waals surface area contributed by atoms with E-state index < -0.39 is 0 Å². The van der Waals surface area contributed by atoms with Crippen molar-refractivity contribution < 1.29 is 4.79 Å². The summed E-state index contributed by atoms with van der Waals surface area (Å²) in [6.07, 6.45) is 1.38. The second-order valence-electron chi connectivity index (χ2n) is 7.54. The highest BCUT2D eigenvalue weighted by Gasteiger charge is 2.16. The number of carbonyl (C=O) groups excluding carboxylic acids is 1. The lowest BCUT2D eigenvalue weighted by Gasteiger charge is -2.04. The van der Waals surface area contributed by atoms with Crippen LogP contribution >= 0.6 is 11.3 Å². The van der Waals surface area contributed by atoms with Crippen molar-refractivity contribution in [3.63, 3.8) is 0 Å². The number of aromatic amines is 1. The molecule has 8 heteroatoms. The Morgan fingerprint density at radius 1 is 1.29 bits per heavy atom. The summed E-state index contributed by atoms with van der Waals surface area (Å²) in [6.45, 7) is 6.54. The van der Waals surface area contributed by atoms with Crippen LogP contribution in [0.4, 0.5) is 5.13 Å². The van der Waals surface area contributed by atoms with Gasteiger partial charge in [0.05, 0.1) is 30.4 Å². The largest absolute Gasteiger partial charge is 0.358 e. The summed E-state index contributed by atoms with van der Waals surface area (Å²) < 4.78 is 1.85. The number of hydrogen-bond acceptors (Lipinski definition) is 5. The van der Waals surface area contributed by atoms with Crippen LogP contribution in [0.1, 0.15) is 35.5 Å². The van der Waals surface area contributed by atoms with E-state index in [0.717, 1.165) is 44.8 Å². The van der Waals surface area contributed by atoms with Crippen LogP contribution in [-0.2, 0) is 17.8 Å². The smallest absolute Gasteiger partial charge is 0.226 e. The molecular weight excluding hydrogens is 408 g/mol. The fourth-order valence-electron chi connectivity index (χ4n) is 3.94. The van der Waals surface area contributed by atoms with Gasteiger partial charge in [0.15, 0.2) is 5.13 Å². The van der Waals surface area contributed by atoms with Crippen LogP contribution in [0.25, 0.3) is 22.2 Å². The van der Waals surface area contributed by atoms with Crippen LogP contribution in [0.5, 0.6) is 0 Å². The van der Waals surface area contributed by atoms with E-state index in [1.165, 1.54) is 11.3 Å². The van der Waals surface area contributed by atoms with E-state index in [9.17, 15) is 4.79 Å². The number of benzene rings is 1. The van der Waals surface area contributed by atoms with Crippen LogP contribution in [0.2, 0.25) is 0 Å². The van der Waals surface area contributed by atoms with Gasteiger partial charge in [0.1, 0.15) is 0 Å². The Kier molecular flexibility index (Phi) is 5.87. The van der Waals surface area contributed by atoms with Crippen molar-refractivity contribution in [2.45, 2.75) is 46.6 Å². The molecule has 0 unspecified atom stereocenters. The third kappa shape index (κ3) is 4.23. The topological polar surface area (TPSA) is 99.4 Å². The molecule has 0 aliphatic heterocycles. The highest BCUT2D eigenvalue weighted by Crippen LogP contribution is 2.33.